The Hall–Kier alpha value is -3.13. The van der Waals surface area contributed by atoms with Crippen LogP contribution in [0, 0.1) is 0 Å². The van der Waals surface area contributed by atoms with E-state index in [1.165, 1.54) is 12.3 Å². The van der Waals surface area contributed by atoms with Gasteiger partial charge in [-0.3, -0.25) is 9.59 Å². The predicted molar refractivity (Wildman–Crippen MR) is 108 cm³/mol. The van der Waals surface area contributed by atoms with Gasteiger partial charge in [-0.15, -0.1) is 0 Å². The van der Waals surface area contributed by atoms with Crippen LogP contribution in [0.2, 0.25) is 5.02 Å². The number of hydrogen-bond donors (Lipinski definition) is 3. The smallest absolute Gasteiger partial charge is 0.267 e. The highest BCUT2D eigenvalue weighted by Crippen LogP contribution is 2.30. The molecule has 3 rings (SSSR count). The molecule has 1 amide bonds. The summed E-state index contributed by atoms with van der Waals surface area (Å²) in [5.41, 5.74) is 6.14. The van der Waals surface area contributed by atoms with Gasteiger partial charge in [0.25, 0.3) is 11.5 Å². The molecule has 1 aromatic carbocycles. The lowest BCUT2D eigenvalue weighted by Gasteiger charge is -2.15. The van der Waals surface area contributed by atoms with Crippen LogP contribution in [0.15, 0.2) is 35.3 Å². The number of nitrogens with one attached hydrogen (secondary N) is 2. The zero-order valence-electron chi connectivity index (χ0n) is 15.6. The number of halogens is 1. The molecule has 0 saturated carbocycles. The summed E-state index contributed by atoms with van der Waals surface area (Å²) in [4.78, 5) is 34.8. The number of fused-ring (bicyclic) bond motifs is 1. The molecule has 0 bridgehead atoms. The second-order valence-electron chi connectivity index (χ2n) is 6.59. The molecule has 0 spiro atoms. The molecule has 28 heavy (non-hydrogen) atoms. The number of H-pyrrole nitrogens is 1. The monoisotopic (exact) mass is 401 g/mol. The first-order chi connectivity index (χ1) is 13.2. The van der Waals surface area contributed by atoms with Crippen molar-refractivity contribution in [2.45, 2.75) is 32.9 Å². The van der Waals surface area contributed by atoms with Crippen LogP contribution in [-0.2, 0) is 0 Å². The minimum atomic E-state index is -0.657. The number of carbonyl (C=O) groups is 1. The first kappa shape index (κ1) is 19.6. The van der Waals surface area contributed by atoms with Gasteiger partial charge in [0.05, 0.1) is 22.7 Å². The number of anilines is 1. The Morgan fingerprint density at radius 2 is 2.04 bits per heavy atom. The number of aromatic amines is 1. The van der Waals surface area contributed by atoms with Gasteiger partial charge < -0.3 is 20.8 Å². The summed E-state index contributed by atoms with van der Waals surface area (Å²) in [5, 5.41) is 4.22. The van der Waals surface area contributed by atoms with Crippen LogP contribution in [0.3, 0.4) is 0 Å². The van der Waals surface area contributed by atoms with E-state index < -0.39 is 11.9 Å². The van der Waals surface area contributed by atoms with Gasteiger partial charge in [0.2, 0.25) is 5.95 Å². The Morgan fingerprint density at radius 1 is 1.29 bits per heavy atom. The van der Waals surface area contributed by atoms with Gasteiger partial charge in [-0.05, 0) is 39.0 Å². The van der Waals surface area contributed by atoms with Crippen LogP contribution < -0.4 is 21.3 Å². The molecule has 0 saturated heterocycles. The van der Waals surface area contributed by atoms with Crippen LogP contribution in [0.4, 0.5) is 5.95 Å². The zero-order valence-corrected chi connectivity index (χ0v) is 16.4. The van der Waals surface area contributed by atoms with Crippen LogP contribution >= 0.6 is 11.6 Å². The number of pyridine rings is 1. The van der Waals surface area contributed by atoms with E-state index in [9.17, 15) is 9.59 Å². The lowest BCUT2D eigenvalue weighted by atomic mass is 10.1. The quantitative estimate of drug-likeness (QED) is 0.583. The lowest BCUT2D eigenvalue weighted by molar-refractivity contribution is 0.0995. The van der Waals surface area contributed by atoms with Gasteiger partial charge >= 0.3 is 0 Å². The second kappa shape index (κ2) is 7.85. The number of primary amides is 1. The Balaban J connectivity index is 1.94. The first-order valence-corrected chi connectivity index (χ1v) is 9.05. The number of carbonyl (C=O) groups excluding carboxylic acids is 1. The molecule has 0 radical (unpaired) electrons. The molecule has 0 aliphatic carbocycles. The summed E-state index contributed by atoms with van der Waals surface area (Å²) in [6.45, 7) is 5.58. The molecular weight excluding hydrogens is 382 g/mol. The van der Waals surface area contributed by atoms with E-state index >= 15 is 0 Å². The number of benzene rings is 1. The predicted octanol–water partition coefficient (Wildman–Crippen LogP) is 3.03. The maximum Gasteiger partial charge on any atom is 0.267 e. The van der Waals surface area contributed by atoms with Crippen molar-refractivity contribution in [3.8, 4) is 5.75 Å². The average Bonchev–Trinajstić information content (AvgIpc) is 2.62. The highest BCUT2D eigenvalue weighted by molar-refractivity contribution is 6.32. The minimum absolute atomic E-state index is 0.0404. The number of nitrogens with zero attached hydrogens (tertiary/aromatic N) is 2. The van der Waals surface area contributed by atoms with E-state index in [4.69, 9.17) is 22.1 Å². The Kier molecular flexibility index (Phi) is 5.51. The van der Waals surface area contributed by atoms with Crippen molar-refractivity contribution in [1.82, 2.24) is 15.0 Å². The summed E-state index contributed by atoms with van der Waals surface area (Å²) in [6.07, 6.45) is 1.38. The Bertz CT molecular complexity index is 1100. The van der Waals surface area contributed by atoms with Gasteiger partial charge in [0.15, 0.2) is 0 Å². The van der Waals surface area contributed by atoms with Crippen molar-refractivity contribution in [3.63, 3.8) is 0 Å². The molecule has 1 atom stereocenters. The van der Waals surface area contributed by atoms with Gasteiger partial charge in [-0.1, -0.05) is 11.6 Å². The molecule has 2 aromatic heterocycles. The van der Waals surface area contributed by atoms with E-state index in [2.05, 4.69) is 20.3 Å². The number of ether oxygens (including phenoxy) is 1. The summed E-state index contributed by atoms with van der Waals surface area (Å²) < 4.78 is 5.66. The largest absolute Gasteiger partial charge is 0.489 e. The molecule has 146 valence electrons. The third-order valence-electron chi connectivity index (χ3n) is 4.01. The van der Waals surface area contributed by atoms with Gasteiger partial charge in [-0.2, -0.15) is 0 Å². The fourth-order valence-electron chi connectivity index (χ4n) is 2.73. The molecule has 0 aliphatic rings. The van der Waals surface area contributed by atoms with Crippen molar-refractivity contribution in [2.75, 3.05) is 5.32 Å². The van der Waals surface area contributed by atoms with Crippen LogP contribution in [0.1, 0.15) is 42.9 Å². The fourth-order valence-corrected chi connectivity index (χ4v) is 2.94. The third kappa shape index (κ3) is 4.23. The lowest BCUT2D eigenvalue weighted by Crippen LogP contribution is -2.21. The van der Waals surface area contributed by atoms with E-state index in [-0.39, 0.29) is 23.3 Å². The van der Waals surface area contributed by atoms with Crippen molar-refractivity contribution in [3.05, 3.63) is 57.1 Å². The zero-order chi connectivity index (χ0) is 20.4. The third-order valence-corrected chi connectivity index (χ3v) is 4.30. The normalized spacial score (nSPS) is 12.2. The topological polar surface area (TPSA) is 123 Å². The number of nitrogens with two attached hydrogens (primary N) is 1. The number of hydrogen-bond acceptors (Lipinski definition) is 6. The van der Waals surface area contributed by atoms with Crippen molar-refractivity contribution in [2.24, 2.45) is 5.73 Å². The van der Waals surface area contributed by atoms with Crippen molar-refractivity contribution < 1.29 is 9.53 Å². The van der Waals surface area contributed by atoms with Gasteiger partial charge in [0.1, 0.15) is 11.4 Å². The standard InChI is InChI=1S/C19H20ClN5O3/c1-9(2)28-16-8-15-11(7-13(16)20)6-12(18(27)24-15)10(3)23-19-22-5-4-14(25-19)17(21)26/h4-10H,1-3H3,(H2,21,26)(H,24,27)(H,22,23,25)/t10-/m0/s1. The molecular formula is C19H20ClN5O3. The molecule has 0 unspecified atom stereocenters. The highest BCUT2D eigenvalue weighted by Gasteiger charge is 2.15. The number of aromatic nitrogens is 3. The van der Waals surface area contributed by atoms with E-state index in [0.717, 1.165) is 5.39 Å². The summed E-state index contributed by atoms with van der Waals surface area (Å²) in [6, 6.07) is 6.18. The second-order valence-corrected chi connectivity index (χ2v) is 6.99. The van der Waals surface area contributed by atoms with E-state index in [0.29, 0.717) is 21.9 Å². The minimum Gasteiger partial charge on any atom is -0.489 e. The Labute approximate surface area is 166 Å². The Morgan fingerprint density at radius 3 is 2.71 bits per heavy atom. The number of amides is 1. The summed E-state index contributed by atoms with van der Waals surface area (Å²) >= 11 is 6.30. The maximum atomic E-state index is 12.6. The van der Waals surface area contributed by atoms with E-state index in [1.54, 1.807) is 25.1 Å². The average molecular weight is 402 g/mol. The van der Waals surface area contributed by atoms with Crippen LogP contribution in [0.25, 0.3) is 10.9 Å². The van der Waals surface area contributed by atoms with Crippen LogP contribution in [-0.4, -0.2) is 27.0 Å². The molecule has 9 heteroatoms. The van der Waals surface area contributed by atoms with Gasteiger partial charge in [-0.25, -0.2) is 9.97 Å². The number of rotatable bonds is 6. The molecule has 2 heterocycles. The van der Waals surface area contributed by atoms with Crippen LogP contribution in [0.5, 0.6) is 5.75 Å². The van der Waals surface area contributed by atoms with Crippen molar-refractivity contribution in [1.29, 1.82) is 0 Å². The maximum absolute atomic E-state index is 12.6. The fraction of sp³-hybridized carbons (Fsp3) is 0.263. The van der Waals surface area contributed by atoms with Gasteiger partial charge in [0, 0.05) is 23.2 Å². The van der Waals surface area contributed by atoms with Crippen molar-refractivity contribution >= 4 is 34.4 Å². The summed E-state index contributed by atoms with van der Waals surface area (Å²) in [5.74, 6) is 0.0492. The summed E-state index contributed by atoms with van der Waals surface area (Å²) in [7, 11) is 0. The molecule has 3 aromatic rings. The van der Waals surface area contributed by atoms with E-state index in [1.807, 2.05) is 13.8 Å². The SMILES string of the molecule is CC(C)Oc1cc2[nH]c(=O)c([C@H](C)Nc3nccc(C(N)=O)n3)cc2cc1Cl. The molecule has 8 nitrogen and oxygen atoms in total. The highest BCUT2D eigenvalue weighted by atomic mass is 35.5. The molecule has 4 N–H and O–H groups in total. The molecule has 0 aliphatic heterocycles. The first-order valence-electron chi connectivity index (χ1n) is 8.67. The molecule has 0 fully saturated rings.